The van der Waals surface area contributed by atoms with E-state index in [2.05, 4.69) is 20.9 Å². The van der Waals surface area contributed by atoms with Gasteiger partial charge in [0.15, 0.2) is 0 Å². The second kappa shape index (κ2) is 5.49. The number of rotatable bonds is 2. The van der Waals surface area contributed by atoms with E-state index >= 15 is 0 Å². The highest BCUT2D eigenvalue weighted by Gasteiger charge is 2.31. The molecule has 20 heavy (non-hydrogen) atoms. The van der Waals surface area contributed by atoms with Crippen molar-refractivity contribution in [3.63, 3.8) is 0 Å². The maximum atomic E-state index is 13.6. The predicted molar refractivity (Wildman–Crippen MR) is 67.4 cm³/mol. The molecule has 106 valence electrons. The fourth-order valence-electron chi connectivity index (χ4n) is 1.62. The predicted octanol–water partition coefficient (Wildman–Crippen LogP) is 4.08. The van der Waals surface area contributed by atoms with Crippen LogP contribution in [0.1, 0.15) is 22.9 Å². The number of hydrogen-bond acceptors (Lipinski definition) is 2. The molecule has 0 amide bonds. The number of aliphatic hydroxyl groups is 1. The van der Waals surface area contributed by atoms with Gasteiger partial charge in [-0.3, -0.25) is 4.98 Å². The van der Waals surface area contributed by atoms with Gasteiger partial charge in [-0.2, -0.15) is 13.2 Å². The van der Waals surface area contributed by atoms with Crippen molar-refractivity contribution in [1.82, 2.24) is 4.98 Å². The first-order valence-electron chi connectivity index (χ1n) is 5.45. The van der Waals surface area contributed by atoms with E-state index in [1.807, 2.05) is 0 Å². The lowest BCUT2D eigenvalue weighted by Gasteiger charge is -2.13. The van der Waals surface area contributed by atoms with Gasteiger partial charge in [0.2, 0.25) is 0 Å². The van der Waals surface area contributed by atoms with Gasteiger partial charge in [0.25, 0.3) is 0 Å². The average Bonchev–Trinajstić information content (AvgIpc) is 2.40. The maximum absolute atomic E-state index is 13.6. The molecule has 0 saturated heterocycles. The molecule has 1 aromatic heterocycles. The van der Waals surface area contributed by atoms with Crippen molar-refractivity contribution in [2.24, 2.45) is 0 Å². The quantitative estimate of drug-likeness (QED) is 0.828. The maximum Gasteiger partial charge on any atom is 0.417 e. The Morgan fingerprint density at radius 2 is 1.85 bits per heavy atom. The summed E-state index contributed by atoms with van der Waals surface area (Å²) in [5.41, 5.74) is -1.05. The smallest absolute Gasteiger partial charge is 0.382 e. The Morgan fingerprint density at radius 3 is 2.40 bits per heavy atom. The largest absolute Gasteiger partial charge is 0.417 e. The summed E-state index contributed by atoms with van der Waals surface area (Å²) >= 11 is 3.13. The lowest BCUT2D eigenvalue weighted by atomic mass is 10.0. The molecule has 0 saturated carbocycles. The second-order valence-electron chi connectivity index (χ2n) is 4.04. The number of aromatic nitrogens is 1. The van der Waals surface area contributed by atoms with Crippen LogP contribution >= 0.6 is 15.9 Å². The van der Waals surface area contributed by atoms with Gasteiger partial charge >= 0.3 is 6.18 Å². The van der Waals surface area contributed by atoms with Crippen molar-refractivity contribution < 1.29 is 22.7 Å². The minimum Gasteiger partial charge on any atom is -0.382 e. The van der Waals surface area contributed by atoms with Crippen LogP contribution in [0.3, 0.4) is 0 Å². The molecule has 0 radical (unpaired) electrons. The molecule has 1 unspecified atom stereocenters. The third-order valence-electron chi connectivity index (χ3n) is 2.65. The van der Waals surface area contributed by atoms with Crippen molar-refractivity contribution >= 4 is 15.9 Å². The lowest BCUT2D eigenvalue weighted by molar-refractivity contribution is -0.137. The zero-order chi connectivity index (χ0) is 14.9. The molecule has 2 nitrogen and oxygen atoms in total. The summed E-state index contributed by atoms with van der Waals surface area (Å²) in [5.74, 6) is -0.664. The van der Waals surface area contributed by atoms with Crippen LogP contribution in [0.25, 0.3) is 0 Å². The Kier molecular flexibility index (Phi) is 4.10. The van der Waals surface area contributed by atoms with E-state index in [0.29, 0.717) is 10.7 Å². The first-order chi connectivity index (χ1) is 9.29. The number of alkyl halides is 3. The summed E-state index contributed by atoms with van der Waals surface area (Å²) in [5, 5.41) is 9.99. The molecule has 0 aliphatic heterocycles. The van der Waals surface area contributed by atoms with Crippen molar-refractivity contribution in [2.75, 3.05) is 0 Å². The molecule has 0 spiro atoms. The van der Waals surface area contributed by atoms with Gasteiger partial charge in [-0.25, -0.2) is 4.39 Å². The number of nitrogens with zero attached hydrogens (tertiary/aromatic N) is 1. The molecule has 1 heterocycles. The Hall–Kier alpha value is -1.47. The van der Waals surface area contributed by atoms with Gasteiger partial charge in [0, 0.05) is 16.2 Å². The molecular weight excluding hydrogens is 342 g/mol. The van der Waals surface area contributed by atoms with Crippen LogP contribution < -0.4 is 0 Å². The van der Waals surface area contributed by atoms with Crippen molar-refractivity contribution in [3.8, 4) is 0 Å². The molecule has 7 heteroatoms. The number of aliphatic hydroxyl groups excluding tert-OH is 1. The SMILES string of the molecule is OC(c1ccc(C(F)(F)F)cn1)c1cc(Br)ccc1F. The standard InChI is InChI=1S/C13H8BrF4NO/c14-8-2-3-10(15)9(5-8)12(20)11-4-1-7(6-19-11)13(16,17)18/h1-6,12,20H. The molecule has 1 N–H and O–H groups in total. The molecule has 0 fully saturated rings. The summed E-state index contributed by atoms with van der Waals surface area (Å²) in [4.78, 5) is 3.54. The Balaban J connectivity index is 2.34. The van der Waals surface area contributed by atoms with Crippen LogP contribution in [-0.2, 0) is 6.18 Å². The van der Waals surface area contributed by atoms with E-state index in [0.717, 1.165) is 18.2 Å². The van der Waals surface area contributed by atoms with Crippen LogP contribution in [0.5, 0.6) is 0 Å². The molecule has 0 bridgehead atoms. The normalized spacial score (nSPS) is 13.3. The first-order valence-corrected chi connectivity index (χ1v) is 6.24. The van der Waals surface area contributed by atoms with Crippen molar-refractivity contribution in [3.05, 3.63) is 63.6 Å². The van der Waals surface area contributed by atoms with Crippen LogP contribution in [0.15, 0.2) is 41.0 Å². The number of pyridine rings is 1. The zero-order valence-corrected chi connectivity index (χ0v) is 11.4. The highest BCUT2D eigenvalue weighted by molar-refractivity contribution is 9.10. The third kappa shape index (κ3) is 3.16. The summed E-state index contributed by atoms with van der Waals surface area (Å²) in [6.45, 7) is 0. The molecule has 2 aromatic rings. The van der Waals surface area contributed by atoms with Gasteiger partial charge in [0.1, 0.15) is 11.9 Å². The van der Waals surface area contributed by atoms with Gasteiger partial charge in [-0.05, 0) is 30.3 Å². The second-order valence-corrected chi connectivity index (χ2v) is 4.95. The minimum atomic E-state index is -4.50. The highest BCUT2D eigenvalue weighted by Crippen LogP contribution is 2.30. The van der Waals surface area contributed by atoms with Crippen LogP contribution in [0.2, 0.25) is 0 Å². The Labute approximate surface area is 120 Å². The zero-order valence-electron chi connectivity index (χ0n) is 9.83. The van der Waals surface area contributed by atoms with Gasteiger partial charge in [0.05, 0.1) is 11.3 Å². The highest BCUT2D eigenvalue weighted by atomic mass is 79.9. The van der Waals surface area contributed by atoms with Crippen LogP contribution in [0.4, 0.5) is 17.6 Å². The minimum absolute atomic E-state index is 0.0602. The lowest BCUT2D eigenvalue weighted by Crippen LogP contribution is -2.09. The van der Waals surface area contributed by atoms with E-state index in [1.165, 1.54) is 12.1 Å². The summed E-state index contributed by atoms with van der Waals surface area (Å²) in [6.07, 6.45) is -5.33. The van der Waals surface area contributed by atoms with Crippen molar-refractivity contribution in [1.29, 1.82) is 0 Å². The van der Waals surface area contributed by atoms with Crippen LogP contribution in [0, 0.1) is 5.82 Å². The molecule has 1 aromatic carbocycles. The third-order valence-corrected chi connectivity index (χ3v) is 3.14. The molecule has 0 aliphatic rings. The van der Waals surface area contributed by atoms with E-state index in [-0.39, 0.29) is 11.3 Å². The topological polar surface area (TPSA) is 33.1 Å². The number of halogens is 5. The van der Waals surface area contributed by atoms with Gasteiger partial charge in [-0.1, -0.05) is 15.9 Å². The first kappa shape index (κ1) is 14.9. The number of benzene rings is 1. The van der Waals surface area contributed by atoms with E-state index in [1.54, 1.807) is 0 Å². The van der Waals surface area contributed by atoms with Crippen LogP contribution in [-0.4, -0.2) is 10.1 Å². The Bertz CT molecular complexity index is 613. The van der Waals surface area contributed by atoms with E-state index in [4.69, 9.17) is 0 Å². The Morgan fingerprint density at radius 1 is 1.15 bits per heavy atom. The molecular formula is C13H8BrF4NO. The summed E-state index contributed by atoms with van der Waals surface area (Å²) < 4.78 is 51.3. The number of hydrogen-bond donors (Lipinski definition) is 1. The van der Waals surface area contributed by atoms with E-state index < -0.39 is 23.7 Å². The summed E-state index contributed by atoms with van der Waals surface area (Å²) in [6, 6.07) is 5.76. The van der Waals surface area contributed by atoms with Gasteiger partial charge < -0.3 is 5.11 Å². The fourth-order valence-corrected chi connectivity index (χ4v) is 2.00. The van der Waals surface area contributed by atoms with Gasteiger partial charge in [-0.15, -0.1) is 0 Å². The molecule has 2 rings (SSSR count). The molecule has 1 atom stereocenters. The monoisotopic (exact) mass is 349 g/mol. The summed E-state index contributed by atoms with van der Waals surface area (Å²) in [7, 11) is 0. The average molecular weight is 350 g/mol. The fraction of sp³-hybridized carbons (Fsp3) is 0.154. The van der Waals surface area contributed by atoms with E-state index in [9.17, 15) is 22.7 Å². The van der Waals surface area contributed by atoms with Crippen molar-refractivity contribution in [2.45, 2.75) is 12.3 Å². The molecule has 0 aliphatic carbocycles.